The average molecular weight is 513 g/mol. The summed E-state index contributed by atoms with van der Waals surface area (Å²) < 4.78 is 33.3. The standard InChI is InChI=1S/C27H29ClN2O4S/c1-19(21-11-10-20-6-3-4-7-22(20)16-21)29-27(31)18-30(24-9-5-8-23(28)17-24)35(32,33)26-14-12-25(34-2)13-15-26/h5,8-17,19H,3-4,6-7,18H2,1-2H3,(H,29,31)/t19-/m0/s1. The molecule has 0 bridgehead atoms. The fraction of sp³-hybridized carbons (Fsp3) is 0.296. The zero-order valence-corrected chi connectivity index (χ0v) is 21.4. The number of amides is 1. The Morgan fingerprint density at radius 2 is 1.74 bits per heavy atom. The van der Waals surface area contributed by atoms with Crippen LogP contribution in [0.1, 0.15) is 42.5 Å². The zero-order chi connectivity index (χ0) is 25.0. The Kier molecular flexibility index (Phi) is 7.67. The lowest BCUT2D eigenvalue weighted by Crippen LogP contribution is -2.41. The van der Waals surface area contributed by atoms with Crippen LogP contribution in [0.2, 0.25) is 5.02 Å². The van der Waals surface area contributed by atoms with Gasteiger partial charge in [-0.2, -0.15) is 0 Å². The van der Waals surface area contributed by atoms with Gasteiger partial charge < -0.3 is 10.1 Å². The summed E-state index contributed by atoms with van der Waals surface area (Å²) in [6.07, 6.45) is 4.52. The van der Waals surface area contributed by atoms with Gasteiger partial charge in [0.05, 0.1) is 23.7 Å². The maximum atomic E-state index is 13.6. The molecule has 0 saturated carbocycles. The van der Waals surface area contributed by atoms with Crippen molar-refractivity contribution < 1.29 is 17.9 Å². The Morgan fingerprint density at radius 3 is 2.43 bits per heavy atom. The summed E-state index contributed by atoms with van der Waals surface area (Å²) in [6.45, 7) is 1.52. The van der Waals surface area contributed by atoms with Crippen LogP contribution in [0.5, 0.6) is 5.75 Å². The first kappa shape index (κ1) is 25.1. The normalized spacial score (nSPS) is 14.0. The molecule has 1 amide bonds. The highest BCUT2D eigenvalue weighted by Crippen LogP contribution is 2.28. The van der Waals surface area contributed by atoms with E-state index in [0.717, 1.165) is 22.7 Å². The van der Waals surface area contributed by atoms with Crippen LogP contribution >= 0.6 is 11.6 Å². The smallest absolute Gasteiger partial charge is 0.264 e. The molecule has 35 heavy (non-hydrogen) atoms. The molecule has 1 aliphatic rings. The summed E-state index contributed by atoms with van der Waals surface area (Å²) in [6, 6.07) is 18.6. The van der Waals surface area contributed by atoms with E-state index in [1.807, 2.05) is 13.0 Å². The number of carbonyl (C=O) groups is 1. The van der Waals surface area contributed by atoms with Crippen molar-refractivity contribution in [3.63, 3.8) is 0 Å². The summed E-state index contributed by atoms with van der Waals surface area (Å²) in [5.41, 5.74) is 4.02. The number of nitrogens with one attached hydrogen (secondary N) is 1. The molecule has 0 spiro atoms. The minimum atomic E-state index is -4.05. The van der Waals surface area contributed by atoms with Crippen LogP contribution in [0.4, 0.5) is 5.69 Å². The van der Waals surface area contributed by atoms with E-state index < -0.39 is 15.9 Å². The Balaban J connectivity index is 1.57. The molecule has 3 aromatic rings. The number of hydrogen-bond acceptors (Lipinski definition) is 4. The Morgan fingerprint density at radius 1 is 1.03 bits per heavy atom. The van der Waals surface area contributed by atoms with Gasteiger partial charge in [0.15, 0.2) is 0 Å². The topological polar surface area (TPSA) is 75.7 Å². The number of aryl methyl sites for hydroxylation is 2. The van der Waals surface area contributed by atoms with Crippen LogP contribution < -0.4 is 14.4 Å². The van der Waals surface area contributed by atoms with Crippen molar-refractivity contribution in [1.29, 1.82) is 0 Å². The average Bonchev–Trinajstić information content (AvgIpc) is 2.86. The van der Waals surface area contributed by atoms with Crippen LogP contribution in [-0.2, 0) is 27.7 Å². The van der Waals surface area contributed by atoms with Crippen LogP contribution in [0.25, 0.3) is 0 Å². The van der Waals surface area contributed by atoms with Gasteiger partial charge in [0, 0.05) is 5.02 Å². The van der Waals surface area contributed by atoms with Gasteiger partial charge in [0.2, 0.25) is 5.91 Å². The molecule has 0 fully saturated rings. The number of sulfonamides is 1. The molecule has 0 aliphatic heterocycles. The zero-order valence-electron chi connectivity index (χ0n) is 19.8. The first-order valence-corrected chi connectivity index (χ1v) is 13.4. The van der Waals surface area contributed by atoms with Crippen molar-refractivity contribution >= 4 is 33.2 Å². The minimum absolute atomic E-state index is 0.0498. The molecule has 0 saturated heterocycles. The summed E-state index contributed by atoms with van der Waals surface area (Å²) in [7, 11) is -2.54. The van der Waals surface area contributed by atoms with Gasteiger partial charge in [-0.15, -0.1) is 0 Å². The van der Waals surface area contributed by atoms with E-state index in [4.69, 9.17) is 16.3 Å². The molecule has 184 valence electrons. The second-order valence-electron chi connectivity index (χ2n) is 8.69. The van der Waals surface area contributed by atoms with Crippen LogP contribution in [0.3, 0.4) is 0 Å². The number of ether oxygens (including phenoxy) is 1. The number of nitrogens with zero attached hydrogens (tertiary/aromatic N) is 1. The van der Waals surface area contributed by atoms with Gasteiger partial charge in [-0.05, 0) is 91.8 Å². The number of benzene rings is 3. The molecule has 0 heterocycles. The highest BCUT2D eigenvalue weighted by molar-refractivity contribution is 7.92. The highest BCUT2D eigenvalue weighted by Gasteiger charge is 2.28. The molecule has 1 atom stereocenters. The summed E-state index contributed by atoms with van der Waals surface area (Å²) in [4.78, 5) is 13.1. The predicted molar refractivity (Wildman–Crippen MR) is 139 cm³/mol. The number of fused-ring (bicyclic) bond motifs is 1. The van der Waals surface area contributed by atoms with Crippen molar-refractivity contribution in [1.82, 2.24) is 5.32 Å². The molecule has 8 heteroatoms. The monoisotopic (exact) mass is 512 g/mol. The van der Waals surface area contributed by atoms with Crippen LogP contribution in [-0.4, -0.2) is 28.0 Å². The molecular formula is C27H29ClN2O4S. The first-order valence-electron chi connectivity index (χ1n) is 11.6. The fourth-order valence-corrected chi connectivity index (χ4v) is 5.94. The Labute approximate surface area is 211 Å². The Hall–Kier alpha value is -3.03. The second-order valence-corrected chi connectivity index (χ2v) is 11.0. The fourth-order valence-electron chi connectivity index (χ4n) is 4.34. The molecule has 3 aromatic carbocycles. The number of methoxy groups -OCH3 is 1. The van der Waals surface area contributed by atoms with Crippen molar-refractivity contribution in [2.45, 2.75) is 43.5 Å². The van der Waals surface area contributed by atoms with E-state index in [9.17, 15) is 13.2 Å². The summed E-state index contributed by atoms with van der Waals surface area (Å²) in [5, 5.41) is 3.34. The lowest BCUT2D eigenvalue weighted by Gasteiger charge is -2.26. The lowest BCUT2D eigenvalue weighted by molar-refractivity contribution is -0.120. The van der Waals surface area contributed by atoms with E-state index in [-0.39, 0.29) is 17.5 Å². The quantitative estimate of drug-likeness (QED) is 0.444. The lowest BCUT2D eigenvalue weighted by atomic mass is 9.89. The van der Waals surface area contributed by atoms with Crippen molar-refractivity contribution in [3.8, 4) is 5.75 Å². The third-order valence-electron chi connectivity index (χ3n) is 6.28. The second kappa shape index (κ2) is 10.7. The Bertz CT molecular complexity index is 1310. The minimum Gasteiger partial charge on any atom is -0.497 e. The van der Waals surface area contributed by atoms with Crippen molar-refractivity contribution in [2.24, 2.45) is 0 Å². The van der Waals surface area contributed by atoms with Gasteiger partial charge in [-0.3, -0.25) is 9.10 Å². The van der Waals surface area contributed by atoms with Crippen molar-refractivity contribution in [2.75, 3.05) is 18.0 Å². The van der Waals surface area contributed by atoms with Crippen molar-refractivity contribution in [3.05, 3.63) is 88.4 Å². The van der Waals surface area contributed by atoms with E-state index in [1.54, 1.807) is 30.3 Å². The van der Waals surface area contributed by atoms with Gasteiger partial charge in [0.25, 0.3) is 10.0 Å². The number of anilines is 1. The van der Waals surface area contributed by atoms with E-state index in [1.165, 1.54) is 49.3 Å². The summed E-state index contributed by atoms with van der Waals surface area (Å²) in [5.74, 6) is 0.127. The van der Waals surface area contributed by atoms with Gasteiger partial charge in [-0.25, -0.2) is 8.42 Å². The van der Waals surface area contributed by atoms with Gasteiger partial charge in [-0.1, -0.05) is 35.9 Å². The third-order valence-corrected chi connectivity index (χ3v) is 8.30. The molecule has 0 aromatic heterocycles. The molecule has 4 rings (SSSR count). The highest BCUT2D eigenvalue weighted by atomic mass is 35.5. The SMILES string of the molecule is COc1ccc(S(=O)(=O)N(CC(=O)N[C@@H](C)c2ccc3c(c2)CCCC3)c2cccc(Cl)c2)cc1. The summed E-state index contributed by atoms with van der Waals surface area (Å²) >= 11 is 6.14. The van der Waals surface area contributed by atoms with E-state index in [2.05, 4.69) is 17.4 Å². The molecule has 1 N–H and O–H groups in total. The van der Waals surface area contributed by atoms with Gasteiger partial charge >= 0.3 is 0 Å². The van der Waals surface area contributed by atoms with E-state index in [0.29, 0.717) is 16.5 Å². The third kappa shape index (κ3) is 5.80. The largest absolute Gasteiger partial charge is 0.497 e. The molecule has 6 nitrogen and oxygen atoms in total. The van der Waals surface area contributed by atoms with Crippen LogP contribution in [0, 0.1) is 0 Å². The van der Waals surface area contributed by atoms with Gasteiger partial charge in [0.1, 0.15) is 12.3 Å². The number of hydrogen-bond donors (Lipinski definition) is 1. The van der Waals surface area contributed by atoms with Crippen LogP contribution in [0.15, 0.2) is 71.6 Å². The molecule has 1 aliphatic carbocycles. The first-order chi connectivity index (χ1) is 16.8. The molecule has 0 radical (unpaired) electrons. The molecule has 0 unspecified atom stereocenters. The maximum absolute atomic E-state index is 13.6. The number of halogens is 1. The maximum Gasteiger partial charge on any atom is 0.264 e. The van der Waals surface area contributed by atoms with E-state index >= 15 is 0 Å². The number of rotatable bonds is 8. The predicted octanol–water partition coefficient (Wildman–Crippen LogP) is 5.30. The molecular weight excluding hydrogens is 484 g/mol. The number of carbonyl (C=O) groups excluding carboxylic acids is 1.